The number of carbonyl (C=O) groups is 1. The monoisotopic (exact) mass is 413 g/mol. The van der Waals surface area contributed by atoms with Gasteiger partial charge in [-0.2, -0.15) is 0 Å². The molecule has 1 fully saturated rings. The number of carbonyl (C=O) groups excluding carboxylic acids is 1. The molecule has 0 saturated carbocycles. The molecule has 144 valence electrons. The first-order valence-corrected chi connectivity index (χ1v) is 10.1. The lowest BCUT2D eigenvalue weighted by atomic mass is 10.2. The van der Waals surface area contributed by atoms with Gasteiger partial charge in [-0.3, -0.25) is 9.69 Å². The van der Waals surface area contributed by atoms with E-state index in [1.165, 1.54) is 16.7 Å². The number of rotatable bonds is 5. The van der Waals surface area contributed by atoms with Crippen LogP contribution >= 0.6 is 24.0 Å². The molecule has 0 aromatic heterocycles. The van der Waals surface area contributed by atoms with E-state index in [1.807, 2.05) is 36.4 Å². The third-order valence-corrected chi connectivity index (χ3v) is 5.47. The topological polar surface area (TPSA) is 48.0 Å². The van der Waals surface area contributed by atoms with Crippen LogP contribution in [0.3, 0.4) is 0 Å². The lowest BCUT2D eigenvalue weighted by Crippen LogP contribution is -2.27. The molecule has 28 heavy (non-hydrogen) atoms. The van der Waals surface area contributed by atoms with Crippen molar-refractivity contribution >= 4 is 46.0 Å². The largest absolute Gasteiger partial charge is 0.493 e. The molecule has 0 spiro atoms. The van der Waals surface area contributed by atoms with Crippen LogP contribution in [-0.4, -0.2) is 23.6 Å². The molecule has 0 bridgehead atoms. The van der Waals surface area contributed by atoms with E-state index in [4.69, 9.17) is 26.4 Å². The minimum absolute atomic E-state index is 0.144. The van der Waals surface area contributed by atoms with Gasteiger partial charge in [-0.1, -0.05) is 50.0 Å². The summed E-state index contributed by atoms with van der Waals surface area (Å²) < 4.78 is 16.9. The van der Waals surface area contributed by atoms with Crippen LogP contribution in [0.15, 0.2) is 47.4 Å². The van der Waals surface area contributed by atoms with E-state index in [2.05, 4.69) is 13.8 Å². The molecule has 7 heteroatoms. The van der Waals surface area contributed by atoms with Crippen LogP contribution in [0.1, 0.15) is 19.4 Å². The maximum atomic E-state index is 12.9. The van der Waals surface area contributed by atoms with E-state index in [9.17, 15) is 4.79 Å². The minimum Gasteiger partial charge on any atom is -0.493 e. The van der Waals surface area contributed by atoms with E-state index >= 15 is 0 Å². The number of ether oxygens (including phenoxy) is 3. The predicted molar refractivity (Wildman–Crippen MR) is 115 cm³/mol. The lowest BCUT2D eigenvalue weighted by molar-refractivity contribution is -0.113. The standard InChI is InChI=1S/C21H19NO4S2/c1-13(2)11-24-16-6-3-14(4-7-16)9-19-20(23)22(21(27)28-19)15-5-8-17-18(10-15)26-12-25-17/h3-10,13H,11-12H2,1-2H3/b19-9-. The smallest absolute Gasteiger partial charge is 0.270 e. The Morgan fingerprint density at radius 1 is 1.18 bits per heavy atom. The van der Waals surface area contributed by atoms with Crippen molar-refractivity contribution in [3.05, 3.63) is 52.9 Å². The number of anilines is 1. The Labute approximate surface area is 173 Å². The molecule has 0 unspecified atom stereocenters. The zero-order valence-electron chi connectivity index (χ0n) is 15.5. The second-order valence-electron chi connectivity index (χ2n) is 6.83. The summed E-state index contributed by atoms with van der Waals surface area (Å²) in [6.07, 6.45) is 1.85. The Hall–Kier alpha value is -2.51. The number of hydrogen-bond donors (Lipinski definition) is 0. The van der Waals surface area contributed by atoms with Gasteiger partial charge in [0.05, 0.1) is 17.2 Å². The summed E-state index contributed by atoms with van der Waals surface area (Å²) in [5, 5.41) is 0. The van der Waals surface area contributed by atoms with E-state index in [0.717, 1.165) is 11.3 Å². The molecule has 2 aliphatic heterocycles. The fourth-order valence-corrected chi connectivity index (χ4v) is 4.09. The van der Waals surface area contributed by atoms with Gasteiger partial charge >= 0.3 is 0 Å². The molecule has 0 atom stereocenters. The molecule has 1 saturated heterocycles. The highest BCUT2D eigenvalue weighted by Gasteiger charge is 2.34. The van der Waals surface area contributed by atoms with Crippen LogP contribution in [0.25, 0.3) is 6.08 Å². The van der Waals surface area contributed by atoms with Gasteiger partial charge in [0.15, 0.2) is 15.8 Å². The fourth-order valence-electron chi connectivity index (χ4n) is 2.79. The number of fused-ring (bicyclic) bond motifs is 1. The number of amides is 1. The van der Waals surface area contributed by atoms with Crippen LogP contribution in [0.4, 0.5) is 5.69 Å². The summed E-state index contributed by atoms with van der Waals surface area (Å²) >= 11 is 6.72. The highest BCUT2D eigenvalue weighted by Crippen LogP contribution is 2.40. The fraction of sp³-hybridized carbons (Fsp3) is 0.238. The van der Waals surface area contributed by atoms with Crippen LogP contribution < -0.4 is 19.1 Å². The third-order valence-electron chi connectivity index (χ3n) is 4.17. The first-order valence-electron chi connectivity index (χ1n) is 8.92. The van der Waals surface area contributed by atoms with Crippen LogP contribution in [0, 0.1) is 5.92 Å². The minimum atomic E-state index is -0.144. The molecule has 0 radical (unpaired) electrons. The van der Waals surface area contributed by atoms with Gasteiger partial charge in [0.2, 0.25) is 6.79 Å². The Kier molecular flexibility index (Phi) is 5.28. The Bertz CT molecular complexity index is 953. The first-order chi connectivity index (χ1) is 13.5. The molecule has 2 aliphatic rings. The molecular formula is C21H19NO4S2. The van der Waals surface area contributed by atoms with Crippen molar-refractivity contribution in [2.45, 2.75) is 13.8 Å². The van der Waals surface area contributed by atoms with Crippen molar-refractivity contribution in [2.24, 2.45) is 5.92 Å². The van der Waals surface area contributed by atoms with Gasteiger partial charge in [0.1, 0.15) is 5.75 Å². The summed E-state index contributed by atoms with van der Waals surface area (Å²) in [5.41, 5.74) is 1.59. The van der Waals surface area contributed by atoms with E-state index in [0.29, 0.717) is 38.9 Å². The van der Waals surface area contributed by atoms with Gasteiger partial charge in [-0.15, -0.1) is 0 Å². The van der Waals surface area contributed by atoms with Gasteiger partial charge < -0.3 is 14.2 Å². The van der Waals surface area contributed by atoms with Crippen LogP contribution in [0.5, 0.6) is 17.2 Å². The number of thioether (sulfide) groups is 1. The molecule has 4 rings (SSSR count). The van der Waals surface area contributed by atoms with Gasteiger partial charge in [-0.05, 0) is 41.8 Å². The highest BCUT2D eigenvalue weighted by molar-refractivity contribution is 8.27. The van der Waals surface area contributed by atoms with Crippen molar-refractivity contribution in [3.8, 4) is 17.2 Å². The zero-order valence-corrected chi connectivity index (χ0v) is 17.1. The van der Waals surface area contributed by atoms with Crippen molar-refractivity contribution in [1.29, 1.82) is 0 Å². The molecule has 0 N–H and O–H groups in total. The summed E-state index contributed by atoms with van der Waals surface area (Å²) in [4.78, 5) is 15.0. The quantitative estimate of drug-likeness (QED) is 0.516. The Morgan fingerprint density at radius 3 is 2.68 bits per heavy atom. The van der Waals surface area contributed by atoms with Crippen molar-refractivity contribution in [1.82, 2.24) is 0 Å². The lowest BCUT2D eigenvalue weighted by Gasteiger charge is -2.14. The average Bonchev–Trinajstić information content (AvgIpc) is 3.25. The molecule has 2 aromatic rings. The molecule has 1 amide bonds. The molecule has 2 heterocycles. The molecule has 0 aliphatic carbocycles. The van der Waals surface area contributed by atoms with Crippen molar-refractivity contribution in [3.63, 3.8) is 0 Å². The highest BCUT2D eigenvalue weighted by atomic mass is 32.2. The van der Waals surface area contributed by atoms with Crippen LogP contribution in [-0.2, 0) is 4.79 Å². The molecular weight excluding hydrogens is 394 g/mol. The second kappa shape index (κ2) is 7.85. The Balaban J connectivity index is 1.52. The third kappa shape index (κ3) is 3.86. The molecule has 2 aromatic carbocycles. The predicted octanol–water partition coefficient (Wildman–Crippen LogP) is 4.86. The summed E-state index contributed by atoms with van der Waals surface area (Å²) in [5.74, 6) is 2.43. The zero-order chi connectivity index (χ0) is 19.7. The number of hydrogen-bond acceptors (Lipinski definition) is 6. The van der Waals surface area contributed by atoms with Crippen LogP contribution in [0.2, 0.25) is 0 Å². The normalized spacial score (nSPS) is 17.1. The number of benzene rings is 2. The van der Waals surface area contributed by atoms with Crippen molar-refractivity contribution < 1.29 is 19.0 Å². The van der Waals surface area contributed by atoms with Gasteiger partial charge in [0.25, 0.3) is 5.91 Å². The average molecular weight is 414 g/mol. The first kappa shape index (κ1) is 18.8. The summed E-state index contributed by atoms with van der Waals surface area (Å²) in [7, 11) is 0. The Morgan fingerprint density at radius 2 is 1.93 bits per heavy atom. The second-order valence-corrected chi connectivity index (χ2v) is 8.50. The summed E-state index contributed by atoms with van der Waals surface area (Å²) in [6.45, 7) is 5.08. The maximum Gasteiger partial charge on any atom is 0.270 e. The molecule has 5 nitrogen and oxygen atoms in total. The van der Waals surface area contributed by atoms with E-state index in [-0.39, 0.29) is 12.7 Å². The van der Waals surface area contributed by atoms with Crippen molar-refractivity contribution in [2.75, 3.05) is 18.3 Å². The van der Waals surface area contributed by atoms with E-state index in [1.54, 1.807) is 12.1 Å². The van der Waals surface area contributed by atoms with E-state index < -0.39 is 0 Å². The SMILES string of the molecule is CC(C)COc1ccc(/C=C2\SC(=S)N(c3ccc4c(c3)OCO4)C2=O)cc1. The summed E-state index contributed by atoms with van der Waals surface area (Å²) in [6, 6.07) is 13.1. The van der Waals surface area contributed by atoms with Gasteiger partial charge in [0, 0.05) is 6.07 Å². The number of nitrogens with zero attached hydrogens (tertiary/aromatic N) is 1. The number of thiocarbonyl (C=S) groups is 1. The maximum absolute atomic E-state index is 12.9. The van der Waals surface area contributed by atoms with Gasteiger partial charge in [-0.25, -0.2) is 0 Å².